The van der Waals surface area contributed by atoms with Gasteiger partial charge in [0.15, 0.2) is 0 Å². The summed E-state index contributed by atoms with van der Waals surface area (Å²) >= 11 is 1.46. The number of ether oxygens (including phenoxy) is 1. The van der Waals surface area contributed by atoms with Crippen LogP contribution in [0.15, 0.2) is 30.3 Å². The summed E-state index contributed by atoms with van der Waals surface area (Å²) in [7, 11) is 1.63. The normalized spacial score (nSPS) is 19.9. The van der Waals surface area contributed by atoms with Crippen LogP contribution in [0.3, 0.4) is 0 Å². The highest BCUT2D eigenvalue weighted by molar-refractivity contribution is 7.14. The van der Waals surface area contributed by atoms with Crippen LogP contribution in [-0.2, 0) is 4.79 Å². The van der Waals surface area contributed by atoms with E-state index >= 15 is 0 Å². The predicted molar refractivity (Wildman–Crippen MR) is 97.2 cm³/mol. The monoisotopic (exact) mass is 359 g/mol. The van der Waals surface area contributed by atoms with E-state index in [-0.39, 0.29) is 18.4 Å². The van der Waals surface area contributed by atoms with Gasteiger partial charge >= 0.3 is 5.97 Å². The molecule has 2 heterocycles. The van der Waals surface area contributed by atoms with Gasteiger partial charge in [-0.25, -0.2) is 0 Å². The van der Waals surface area contributed by atoms with E-state index in [2.05, 4.69) is 0 Å². The van der Waals surface area contributed by atoms with Crippen molar-refractivity contribution in [3.05, 3.63) is 40.1 Å². The Balaban J connectivity index is 1.82. The Morgan fingerprint density at radius 3 is 2.48 bits per heavy atom. The van der Waals surface area contributed by atoms with Gasteiger partial charge in [-0.05, 0) is 42.2 Å². The molecule has 6 heteroatoms. The first-order chi connectivity index (χ1) is 11.9. The molecule has 0 spiro atoms. The van der Waals surface area contributed by atoms with Crippen molar-refractivity contribution < 1.29 is 19.4 Å². The number of carboxylic acids is 1. The van der Waals surface area contributed by atoms with Crippen LogP contribution >= 0.6 is 11.3 Å². The molecule has 0 aliphatic carbocycles. The number of hydrogen-bond donors (Lipinski definition) is 1. The number of hydrogen-bond acceptors (Lipinski definition) is 4. The Bertz CT molecular complexity index is 796. The van der Waals surface area contributed by atoms with Crippen molar-refractivity contribution in [3.8, 4) is 16.9 Å². The largest absolute Gasteiger partial charge is 0.497 e. The summed E-state index contributed by atoms with van der Waals surface area (Å²) in [6, 6.07) is 9.64. The lowest BCUT2D eigenvalue weighted by Gasteiger charge is -2.14. The number of carbonyl (C=O) groups excluding carboxylic acids is 1. The van der Waals surface area contributed by atoms with Crippen molar-refractivity contribution in [1.82, 2.24) is 4.90 Å². The lowest BCUT2D eigenvalue weighted by molar-refractivity contribution is -0.142. The molecular formula is C19H21NO4S. The highest BCUT2D eigenvalue weighted by atomic mass is 32.1. The Labute approximate surface area is 150 Å². The molecule has 1 N–H and O–H groups in total. The minimum absolute atomic E-state index is 0.0245. The second-order valence-corrected chi connectivity index (χ2v) is 7.70. The Hall–Kier alpha value is -2.34. The maximum Gasteiger partial charge on any atom is 0.308 e. The molecule has 1 aromatic heterocycles. The number of thiophene rings is 1. The smallest absolute Gasteiger partial charge is 0.308 e. The van der Waals surface area contributed by atoms with Gasteiger partial charge in [0.2, 0.25) is 0 Å². The minimum Gasteiger partial charge on any atom is -0.497 e. The quantitative estimate of drug-likeness (QED) is 0.907. The van der Waals surface area contributed by atoms with Gasteiger partial charge in [-0.2, -0.15) is 0 Å². The Morgan fingerprint density at radius 2 is 1.92 bits per heavy atom. The molecule has 25 heavy (non-hydrogen) atoms. The number of likely N-dealkylation sites (tertiary alicyclic amines) is 1. The number of nitrogens with zero attached hydrogens (tertiary/aromatic N) is 1. The molecular weight excluding hydrogens is 338 g/mol. The van der Waals surface area contributed by atoms with E-state index in [0.717, 1.165) is 21.8 Å². The number of carbonyl (C=O) groups is 2. The molecule has 1 aliphatic heterocycles. The van der Waals surface area contributed by atoms with E-state index in [1.54, 1.807) is 12.0 Å². The van der Waals surface area contributed by atoms with Crippen LogP contribution in [0, 0.1) is 18.8 Å². The fourth-order valence-electron chi connectivity index (χ4n) is 3.25. The van der Waals surface area contributed by atoms with E-state index in [1.165, 1.54) is 11.3 Å². The van der Waals surface area contributed by atoms with Crippen LogP contribution < -0.4 is 4.74 Å². The number of rotatable bonds is 4. The van der Waals surface area contributed by atoms with Crippen molar-refractivity contribution in [2.75, 3.05) is 20.2 Å². The van der Waals surface area contributed by atoms with Gasteiger partial charge in [0.25, 0.3) is 5.91 Å². The molecule has 1 fully saturated rings. The molecule has 0 radical (unpaired) electrons. The molecule has 1 aliphatic rings. The summed E-state index contributed by atoms with van der Waals surface area (Å²) in [6.07, 6.45) is 0. The molecule has 1 saturated heterocycles. The molecule has 0 saturated carbocycles. The van der Waals surface area contributed by atoms with Crippen LogP contribution in [0.4, 0.5) is 0 Å². The van der Waals surface area contributed by atoms with E-state index in [9.17, 15) is 14.7 Å². The van der Waals surface area contributed by atoms with Crippen molar-refractivity contribution >= 4 is 23.2 Å². The van der Waals surface area contributed by atoms with Crippen LogP contribution in [0.2, 0.25) is 0 Å². The topological polar surface area (TPSA) is 66.8 Å². The first-order valence-electron chi connectivity index (χ1n) is 8.17. The van der Waals surface area contributed by atoms with E-state index < -0.39 is 11.9 Å². The van der Waals surface area contributed by atoms with Gasteiger partial charge < -0.3 is 14.7 Å². The maximum atomic E-state index is 12.8. The number of carboxylic acid groups (broad SMARTS) is 1. The van der Waals surface area contributed by atoms with Crippen LogP contribution in [0.1, 0.15) is 21.5 Å². The number of amides is 1. The summed E-state index contributed by atoms with van der Waals surface area (Å²) in [6.45, 7) is 4.65. The summed E-state index contributed by atoms with van der Waals surface area (Å²) in [4.78, 5) is 27.4. The summed E-state index contributed by atoms with van der Waals surface area (Å²) in [5, 5.41) is 9.25. The summed E-state index contributed by atoms with van der Waals surface area (Å²) < 4.78 is 5.18. The second kappa shape index (κ2) is 6.88. The van der Waals surface area contributed by atoms with Crippen LogP contribution in [0.5, 0.6) is 5.75 Å². The zero-order chi connectivity index (χ0) is 18.1. The van der Waals surface area contributed by atoms with E-state index in [1.807, 2.05) is 44.2 Å². The van der Waals surface area contributed by atoms with E-state index in [0.29, 0.717) is 11.4 Å². The van der Waals surface area contributed by atoms with Gasteiger partial charge in [-0.3, -0.25) is 9.59 Å². The zero-order valence-corrected chi connectivity index (χ0v) is 15.3. The molecule has 2 atom stereocenters. The highest BCUT2D eigenvalue weighted by Crippen LogP contribution is 2.34. The maximum absolute atomic E-state index is 12.8. The molecule has 1 amide bonds. The number of methoxy groups -OCH3 is 1. The predicted octanol–water partition coefficient (Wildman–Crippen LogP) is 3.52. The van der Waals surface area contributed by atoms with Gasteiger partial charge in [0.05, 0.1) is 17.9 Å². The third-order valence-electron chi connectivity index (χ3n) is 4.75. The number of aryl methyl sites for hydroxylation is 1. The first kappa shape index (κ1) is 17.5. The molecule has 2 aromatic rings. The van der Waals surface area contributed by atoms with E-state index in [4.69, 9.17) is 4.74 Å². The third kappa shape index (κ3) is 3.39. The average molecular weight is 359 g/mol. The van der Waals surface area contributed by atoms with Gasteiger partial charge in [0.1, 0.15) is 5.75 Å². The second-order valence-electron chi connectivity index (χ2n) is 6.44. The van der Waals surface area contributed by atoms with Crippen molar-refractivity contribution in [3.63, 3.8) is 0 Å². The molecule has 0 bridgehead atoms. The SMILES string of the molecule is COc1ccc(-c2cc(C(=O)N3C[C@@H](C)[C@H](C(=O)O)C3)sc2C)cc1. The average Bonchev–Trinajstić information content (AvgIpc) is 3.17. The molecule has 0 unspecified atom stereocenters. The summed E-state index contributed by atoms with van der Waals surface area (Å²) in [5.41, 5.74) is 2.06. The van der Waals surface area contributed by atoms with Crippen molar-refractivity contribution in [2.45, 2.75) is 13.8 Å². The number of benzene rings is 1. The van der Waals surface area contributed by atoms with Crippen molar-refractivity contribution in [1.29, 1.82) is 0 Å². The van der Waals surface area contributed by atoms with Gasteiger partial charge in [0, 0.05) is 18.0 Å². The standard InChI is InChI=1S/C19H21NO4S/c1-11-9-20(10-16(11)19(22)23)18(21)17-8-15(12(2)25-17)13-4-6-14(24-3)7-5-13/h4-8,11,16H,9-10H2,1-3H3,(H,22,23)/t11-,16-/m1/s1. The lowest BCUT2D eigenvalue weighted by Crippen LogP contribution is -2.29. The highest BCUT2D eigenvalue weighted by Gasteiger charge is 2.37. The fraction of sp³-hybridized carbons (Fsp3) is 0.368. The van der Waals surface area contributed by atoms with Crippen LogP contribution in [0.25, 0.3) is 11.1 Å². The Morgan fingerprint density at radius 1 is 1.24 bits per heavy atom. The molecule has 132 valence electrons. The Kier molecular flexibility index (Phi) is 4.81. The molecule has 5 nitrogen and oxygen atoms in total. The third-order valence-corrected chi connectivity index (χ3v) is 5.78. The molecule has 3 rings (SSSR count). The van der Waals surface area contributed by atoms with Crippen LogP contribution in [-0.4, -0.2) is 42.1 Å². The summed E-state index contributed by atoms with van der Waals surface area (Å²) in [5.74, 6) is -0.624. The van der Waals surface area contributed by atoms with Gasteiger partial charge in [-0.15, -0.1) is 11.3 Å². The zero-order valence-electron chi connectivity index (χ0n) is 14.5. The fourth-order valence-corrected chi connectivity index (χ4v) is 4.26. The minimum atomic E-state index is -0.830. The number of aliphatic carboxylic acids is 1. The molecule has 1 aromatic carbocycles. The van der Waals surface area contributed by atoms with Crippen molar-refractivity contribution in [2.24, 2.45) is 11.8 Å². The van der Waals surface area contributed by atoms with Gasteiger partial charge in [-0.1, -0.05) is 19.1 Å². The first-order valence-corrected chi connectivity index (χ1v) is 8.99. The lowest BCUT2D eigenvalue weighted by atomic mass is 9.99.